The van der Waals surface area contributed by atoms with Crippen LogP contribution in [-0.4, -0.2) is 42.6 Å². The van der Waals surface area contributed by atoms with Crippen LogP contribution in [0.15, 0.2) is 91.0 Å². The Bertz CT molecular complexity index is 902. The molecule has 162 valence electrons. The van der Waals surface area contributed by atoms with Gasteiger partial charge in [-0.1, -0.05) is 0 Å². The number of hydrogen-bond donors (Lipinski definition) is 0. The molecule has 3 aromatic carbocycles. The first-order valence-corrected chi connectivity index (χ1v) is 14.8. The van der Waals surface area contributed by atoms with Crippen LogP contribution in [-0.2, 0) is 9.16 Å². The van der Waals surface area contributed by atoms with Crippen molar-refractivity contribution in [2.24, 2.45) is 0 Å². The average molecular weight is 496 g/mol. The van der Waals surface area contributed by atoms with E-state index in [9.17, 15) is 0 Å². The van der Waals surface area contributed by atoms with Crippen LogP contribution in [0.1, 0.15) is 27.2 Å². The molecular formula is C27H32O2SeSi. The molecule has 0 aromatic heterocycles. The fourth-order valence-electron chi connectivity index (χ4n) is 4.54. The predicted molar refractivity (Wildman–Crippen MR) is 134 cm³/mol. The van der Waals surface area contributed by atoms with Crippen molar-refractivity contribution in [1.82, 2.24) is 0 Å². The Morgan fingerprint density at radius 2 is 1.35 bits per heavy atom. The van der Waals surface area contributed by atoms with Gasteiger partial charge in [0.05, 0.1) is 0 Å². The zero-order valence-corrected chi connectivity index (χ0v) is 21.4. The topological polar surface area (TPSA) is 18.5 Å². The minimum atomic E-state index is -2.49. The molecule has 0 amide bonds. The van der Waals surface area contributed by atoms with E-state index in [4.69, 9.17) is 9.16 Å². The van der Waals surface area contributed by atoms with Gasteiger partial charge in [0.15, 0.2) is 0 Å². The molecule has 3 aromatic rings. The van der Waals surface area contributed by atoms with Gasteiger partial charge in [0, 0.05) is 0 Å². The Kier molecular flexibility index (Phi) is 7.15. The molecule has 0 spiro atoms. The summed E-state index contributed by atoms with van der Waals surface area (Å²) in [7, 11) is -2.49. The summed E-state index contributed by atoms with van der Waals surface area (Å²) in [4.78, 5) is 0.627. The maximum atomic E-state index is 7.07. The van der Waals surface area contributed by atoms with Gasteiger partial charge in [0.25, 0.3) is 0 Å². The second-order valence-corrected chi connectivity index (χ2v) is 16.4. The van der Waals surface area contributed by atoms with Crippen LogP contribution in [0.2, 0.25) is 9.85 Å². The molecule has 0 aliphatic carbocycles. The second kappa shape index (κ2) is 9.85. The van der Waals surface area contributed by atoms with Gasteiger partial charge in [0.2, 0.25) is 0 Å². The van der Waals surface area contributed by atoms with Crippen molar-refractivity contribution in [1.29, 1.82) is 0 Å². The third kappa shape index (κ3) is 5.05. The molecule has 1 heterocycles. The van der Waals surface area contributed by atoms with Crippen LogP contribution in [0.4, 0.5) is 0 Å². The first kappa shape index (κ1) is 22.5. The van der Waals surface area contributed by atoms with E-state index in [1.807, 2.05) is 0 Å². The molecule has 2 atom stereocenters. The summed E-state index contributed by atoms with van der Waals surface area (Å²) < 4.78 is 14.8. The summed E-state index contributed by atoms with van der Waals surface area (Å²) in [5.74, 6) is 0. The quantitative estimate of drug-likeness (QED) is 0.458. The number of benzene rings is 3. The first-order valence-electron chi connectivity index (χ1n) is 11.1. The van der Waals surface area contributed by atoms with Crippen LogP contribution in [0, 0.1) is 0 Å². The fourth-order valence-corrected chi connectivity index (χ4v) is 11.6. The molecule has 1 aliphatic rings. The van der Waals surface area contributed by atoms with E-state index < -0.39 is 8.32 Å². The summed E-state index contributed by atoms with van der Waals surface area (Å²) >= 11 is 0.452. The zero-order chi connectivity index (χ0) is 21.7. The Balaban J connectivity index is 1.55. The van der Waals surface area contributed by atoms with Gasteiger partial charge in [-0.05, 0) is 0 Å². The van der Waals surface area contributed by atoms with Gasteiger partial charge in [-0.2, -0.15) is 0 Å². The standard InChI is InChI=1S/C27H32O2SeSi/c1-27(2,3)31(25-15-9-5-10-16-25,26-17-11-6-12-18-26)29-20-22-19-24(21-28-22)30-23-13-7-4-8-14-23/h4-18,22,24H,19-21H2,1-3H3/t22-,24-/m1/s1. The van der Waals surface area contributed by atoms with Crippen LogP contribution in [0.5, 0.6) is 0 Å². The Labute approximate surface area is 194 Å². The van der Waals surface area contributed by atoms with Crippen molar-refractivity contribution in [3.05, 3.63) is 91.0 Å². The molecule has 0 unspecified atom stereocenters. The molecule has 1 fully saturated rings. The van der Waals surface area contributed by atoms with Gasteiger partial charge in [-0.25, -0.2) is 0 Å². The van der Waals surface area contributed by atoms with Crippen molar-refractivity contribution in [3.63, 3.8) is 0 Å². The molecule has 2 nitrogen and oxygen atoms in total. The van der Waals surface area contributed by atoms with E-state index in [0.717, 1.165) is 13.0 Å². The fraction of sp³-hybridized carbons (Fsp3) is 0.333. The molecule has 1 aliphatic heterocycles. The van der Waals surface area contributed by atoms with Crippen molar-refractivity contribution in [3.8, 4) is 0 Å². The number of rotatable bonds is 7. The van der Waals surface area contributed by atoms with Crippen molar-refractivity contribution in [2.75, 3.05) is 13.2 Å². The molecule has 0 bridgehead atoms. The zero-order valence-electron chi connectivity index (χ0n) is 18.7. The van der Waals surface area contributed by atoms with E-state index in [1.54, 1.807) is 0 Å². The summed E-state index contributed by atoms with van der Waals surface area (Å²) in [5.41, 5.74) is 0. The summed E-state index contributed by atoms with van der Waals surface area (Å²) in [6.07, 6.45) is 1.27. The van der Waals surface area contributed by atoms with E-state index in [-0.39, 0.29) is 11.1 Å². The minimum absolute atomic E-state index is 0.00168. The molecule has 4 rings (SSSR count). The van der Waals surface area contributed by atoms with E-state index in [2.05, 4.69) is 112 Å². The molecular weight excluding hydrogens is 463 g/mol. The maximum absolute atomic E-state index is 7.07. The van der Waals surface area contributed by atoms with Gasteiger partial charge in [-0.3, -0.25) is 0 Å². The molecule has 0 saturated carbocycles. The molecule has 0 radical (unpaired) electrons. The monoisotopic (exact) mass is 496 g/mol. The number of ether oxygens (including phenoxy) is 1. The Morgan fingerprint density at radius 1 is 0.839 bits per heavy atom. The van der Waals surface area contributed by atoms with Crippen LogP contribution in [0.25, 0.3) is 0 Å². The van der Waals surface area contributed by atoms with Gasteiger partial charge in [0.1, 0.15) is 0 Å². The molecule has 4 heteroatoms. The Hall–Kier alpha value is -1.68. The SMILES string of the molecule is CC(C)(C)[Si](OC[C@H]1C[C@@H]([Se]c2ccccc2)CO1)(c1ccccc1)c1ccccc1. The molecule has 31 heavy (non-hydrogen) atoms. The first-order chi connectivity index (χ1) is 15.0. The van der Waals surface area contributed by atoms with Crippen LogP contribution < -0.4 is 14.8 Å². The second-order valence-electron chi connectivity index (χ2n) is 9.22. The normalized spacial score (nSPS) is 19.5. The summed E-state index contributed by atoms with van der Waals surface area (Å²) in [5, 5.41) is 2.66. The van der Waals surface area contributed by atoms with E-state index in [1.165, 1.54) is 14.8 Å². The molecule has 1 saturated heterocycles. The van der Waals surface area contributed by atoms with E-state index >= 15 is 0 Å². The molecule has 0 N–H and O–H groups in total. The van der Waals surface area contributed by atoms with Crippen molar-refractivity contribution in [2.45, 2.75) is 43.2 Å². The predicted octanol–water partition coefficient (Wildman–Crippen LogP) is 4.17. The number of hydrogen-bond acceptors (Lipinski definition) is 2. The summed E-state index contributed by atoms with van der Waals surface area (Å²) in [6, 6.07) is 32.6. The van der Waals surface area contributed by atoms with Crippen molar-refractivity contribution >= 4 is 38.1 Å². The Morgan fingerprint density at radius 3 is 1.87 bits per heavy atom. The van der Waals surface area contributed by atoms with Crippen LogP contribution in [0.3, 0.4) is 0 Å². The van der Waals surface area contributed by atoms with Crippen molar-refractivity contribution < 1.29 is 9.16 Å². The summed E-state index contributed by atoms with van der Waals surface area (Å²) in [6.45, 7) is 8.50. The third-order valence-corrected chi connectivity index (χ3v) is 13.5. The van der Waals surface area contributed by atoms with Crippen LogP contribution >= 0.6 is 0 Å². The average Bonchev–Trinajstić information content (AvgIpc) is 3.23. The van der Waals surface area contributed by atoms with Gasteiger partial charge in [-0.15, -0.1) is 0 Å². The third-order valence-electron chi connectivity index (χ3n) is 5.99. The van der Waals surface area contributed by atoms with Gasteiger partial charge >= 0.3 is 195 Å². The van der Waals surface area contributed by atoms with Gasteiger partial charge < -0.3 is 0 Å². The van der Waals surface area contributed by atoms with E-state index in [0.29, 0.717) is 26.4 Å².